The average molecular weight is 228 g/mol. The molecule has 0 unspecified atom stereocenters. The number of rotatable bonds is 2. The molecular formula is C7H14O4Zn. The van der Waals surface area contributed by atoms with E-state index in [1.165, 1.54) is 0 Å². The summed E-state index contributed by atoms with van der Waals surface area (Å²) < 4.78 is 8.93. The number of carboxylic acid groups (broad SMARTS) is 1. The van der Waals surface area contributed by atoms with Gasteiger partial charge >= 0.3 is 42.2 Å². The molecule has 0 aromatic heterocycles. The van der Waals surface area contributed by atoms with Crippen molar-refractivity contribution in [2.75, 3.05) is 0 Å². The summed E-state index contributed by atoms with van der Waals surface area (Å²) in [6.07, 6.45) is -1.31. The van der Waals surface area contributed by atoms with Crippen LogP contribution >= 0.6 is 0 Å². The Morgan fingerprint density at radius 2 is 1.58 bits per heavy atom. The third kappa shape index (κ3) is 22.5. The number of carbonyl (C=O) groups excluding carboxylic acids is 1. The molecule has 0 fully saturated rings. The molecule has 0 aliphatic rings. The van der Waals surface area contributed by atoms with E-state index in [1.807, 2.05) is 13.8 Å². The summed E-state index contributed by atoms with van der Waals surface area (Å²) in [5.41, 5.74) is 0. The Balaban J connectivity index is 0. The van der Waals surface area contributed by atoms with Crippen LogP contribution in [0.3, 0.4) is 0 Å². The molecule has 5 heteroatoms. The molecular weight excluding hydrogens is 213 g/mol. The molecule has 0 radical (unpaired) electrons. The van der Waals surface area contributed by atoms with Crippen LogP contribution in [-0.2, 0) is 27.0 Å². The summed E-state index contributed by atoms with van der Waals surface area (Å²) in [7, 11) is 0. The van der Waals surface area contributed by atoms with Crippen molar-refractivity contribution in [3.8, 4) is 0 Å². The van der Waals surface area contributed by atoms with Crippen LogP contribution in [0.1, 0.15) is 27.7 Å². The predicted octanol–water partition coefficient (Wildman–Crippen LogP) is 0.628. The Hall–Kier alpha value is -0.147. The van der Waals surface area contributed by atoms with Crippen molar-refractivity contribution in [3.63, 3.8) is 0 Å². The monoisotopic (exact) mass is 226 g/mol. The summed E-state index contributed by atoms with van der Waals surface area (Å²) in [6, 6.07) is 0. The minimum atomic E-state index is -1.46. The molecule has 0 heterocycles. The van der Waals surface area contributed by atoms with E-state index in [0.717, 1.165) is 18.7 Å². The molecule has 0 N–H and O–H groups in total. The van der Waals surface area contributed by atoms with Crippen LogP contribution in [0.4, 0.5) is 4.79 Å². The van der Waals surface area contributed by atoms with E-state index in [9.17, 15) is 9.90 Å². The van der Waals surface area contributed by atoms with Crippen molar-refractivity contribution in [3.05, 3.63) is 0 Å². The zero-order valence-corrected chi connectivity index (χ0v) is 11.0. The second kappa shape index (κ2) is 8.95. The average Bonchev–Trinajstić information content (AvgIpc) is 1.85. The van der Waals surface area contributed by atoms with Crippen LogP contribution in [0.2, 0.25) is 0 Å². The quantitative estimate of drug-likeness (QED) is 0.513. The first-order valence-corrected chi connectivity index (χ1v) is 4.89. The van der Waals surface area contributed by atoms with Crippen molar-refractivity contribution in [2.45, 2.75) is 39.9 Å². The molecule has 68 valence electrons. The Labute approximate surface area is 83.3 Å². The maximum absolute atomic E-state index is 9.48. The fourth-order valence-electron chi connectivity index (χ4n) is 0.192. The SMILES string of the molecule is CC(C)OC(=O)[O-].CC(C)[O][Zn+]. The van der Waals surface area contributed by atoms with Crippen LogP contribution in [0.5, 0.6) is 0 Å². The first kappa shape index (κ1) is 14.4. The molecule has 4 nitrogen and oxygen atoms in total. The summed E-state index contributed by atoms with van der Waals surface area (Å²) >= 11 is 0.956. The predicted molar refractivity (Wildman–Crippen MR) is 37.8 cm³/mol. The maximum atomic E-state index is 9.48. The van der Waals surface area contributed by atoms with Crippen LogP contribution in [0.15, 0.2) is 0 Å². The summed E-state index contributed by atoms with van der Waals surface area (Å²) in [5.74, 6) is 0. The number of hydrogen-bond donors (Lipinski definition) is 0. The Morgan fingerprint density at radius 3 is 1.58 bits per heavy atom. The molecule has 0 aliphatic heterocycles. The van der Waals surface area contributed by atoms with E-state index >= 15 is 0 Å². The standard InChI is InChI=1S/C4H8O3.C3H7O.Zn/c1-3(2)7-4(5)6;1-3(2)4;/h3H,1-2H3,(H,5,6);3H,1-2H3;/q;-1;+2/p-1. The zero-order chi connectivity index (χ0) is 10.1. The van der Waals surface area contributed by atoms with Gasteiger partial charge in [-0.15, -0.1) is 0 Å². The number of ether oxygens (including phenoxy) is 1. The summed E-state index contributed by atoms with van der Waals surface area (Å²) in [4.78, 5) is 9.48. The van der Waals surface area contributed by atoms with Gasteiger partial charge in [-0.3, -0.25) is 0 Å². The third-order valence-electron chi connectivity index (χ3n) is 0.665. The molecule has 0 aromatic rings. The van der Waals surface area contributed by atoms with Crippen molar-refractivity contribution >= 4 is 6.16 Å². The molecule has 0 aliphatic carbocycles. The first-order valence-electron chi connectivity index (χ1n) is 3.68. The fraction of sp³-hybridized carbons (Fsp3) is 0.857. The van der Waals surface area contributed by atoms with Crippen LogP contribution in [-0.4, -0.2) is 18.4 Å². The Morgan fingerprint density at radius 1 is 1.25 bits per heavy atom. The Bertz CT molecular complexity index is 114. The van der Waals surface area contributed by atoms with E-state index in [0.29, 0.717) is 6.10 Å². The third-order valence-corrected chi connectivity index (χ3v) is 2.06. The van der Waals surface area contributed by atoms with E-state index in [4.69, 9.17) is 3.56 Å². The summed E-state index contributed by atoms with van der Waals surface area (Å²) in [5, 5.41) is 9.48. The van der Waals surface area contributed by atoms with Crippen molar-refractivity contribution < 1.29 is 36.9 Å². The molecule has 0 aromatic carbocycles. The van der Waals surface area contributed by atoms with Gasteiger partial charge in [0.05, 0.1) is 0 Å². The second-order valence-corrected chi connectivity index (χ2v) is 3.33. The van der Waals surface area contributed by atoms with Crippen molar-refractivity contribution in [1.29, 1.82) is 0 Å². The summed E-state index contributed by atoms with van der Waals surface area (Å²) in [6.45, 7) is 7.30. The van der Waals surface area contributed by atoms with E-state index in [-0.39, 0.29) is 6.10 Å². The zero-order valence-electron chi connectivity index (χ0n) is 7.99. The van der Waals surface area contributed by atoms with Gasteiger partial charge in [0.25, 0.3) is 6.16 Å². The molecule has 0 saturated heterocycles. The molecule has 0 spiro atoms. The van der Waals surface area contributed by atoms with Crippen LogP contribution < -0.4 is 5.11 Å². The number of carbonyl (C=O) groups is 1. The molecule has 12 heavy (non-hydrogen) atoms. The van der Waals surface area contributed by atoms with E-state index in [1.54, 1.807) is 13.8 Å². The Kier molecular flexibility index (Phi) is 10.7. The fourth-order valence-corrected chi connectivity index (χ4v) is 0.192. The van der Waals surface area contributed by atoms with Gasteiger partial charge in [0, 0.05) is 6.10 Å². The van der Waals surface area contributed by atoms with Gasteiger partial charge in [-0.2, -0.15) is 0 Å². The molecule has 0 bridgehead atoms. The molecule has 0 rings (SSSR count). The van der Waals surface area contributed by atoms with Crippen LogP contribution in [0, 0.1) is 0 Å². The molecule has 0 amide bonds. The van der Waals surface area contributed by atoms with Gasteiger partial charge < -0.3 is 14.6 Å². The topological polar surface area (TPSA) is 58.6 Å². The van der Waals surface area contributed by atoms with Gasteiger partial charge in [-0.05, 0) is 13.8 Å². The first-order chi connectivity index (χ1) is 5.40. The second-order valence-electron chi connectivity index (χ2n) is 2.63. The van der Waals surface area contributed by atoms with Gasteiger partial charge in [-0.1, -0.05) is 0 Å². The van der Waals surface area contributed by atoms with E-state index in [2.05, 4.69) is 4.74 Å². The van der Waals surface area contributed by atoms with Gasteiger partial charge in [0.1, 0.15) is 0 Å². The van der Waals surface area contributed by atoms with E-state index < -0.39 is 6.16 Å². The van der Waals surface area contributed by atoms with Gasteiger partial charge in [0.2, 0.25) is 0 Å². The normalized spacial score (nSPS) is 9.33. The molecule has 0 saturated carbocycles. The van der Waals surface area contributed by atoms with Crippen molar-refractivity contribution in [2.24, 2.45) is 0 Å². The number of hydrogen-bond acceptors (Lipinski definition) is 4. The van der Waals surface area contributed by atoms with Gasteiger partial charge in [-0.25, -0.2) is 0 Å². The van der Waals surface area contributed by atoms with Crippen molar-refractivity contribution in [1.82, 2.24) is 0 Å². The van der Waals surface area contributed by atoms with Gasteiger partial charge in [0.15, 0.2) is 0 Å². The van der Waals surface area contributed by atoms with Crippen LogP contribution in [0.25, 0.3) is 0 Å². The minimum absolute atomic E-state index is 0.287. The molecule has 0 atom stereocenters.